The molecule has 5 N–H and O–H groups in total. The number of nitrogens with two attached hydrogens (primary N) is 2. The van der Waals surface area contributed by atoms with Crippen LogP contribution in [0.25, 0.3) is 0 Å². The number of hydrogen-bond donors (Lipinski definition) is 3. The zero-order valence-corrected chi connectivity index (χ0v) is 10.1. The molecule has 0 rings (SSSR count). The Hall–Kier alpha value is -1.98. The second-order valence-corrected chi connectivity index (χ2v) is 3.42. The second kappa shape index (κ2) is 7.33. The van der Waals surface area contributed by atoms with Crippen LogP contribution in [0.2, 0.25) is 0 Å². The van der Waals surface area contributed by atoms with E-state index in [2.05, 4.69) is 6.58 Å². The van der Waals surface area contributed by atoms with Crippen LogP contribution in [0.4, 0.5) is 0 Å². The predicted octanol–water partition coefficient (Wildman–Crippen LogP) is -0.129. The summed E-state index contributed by atoms with van der Waals surface area (Å²) in [5, 5.41) is 8.21. The molecular weight excluding hydrogens is 210 g/mol. The number of nitrogens with zero attached hydrogens (tertiary/aromatic N) is 1. The van der Waals surface area contributed by atoms with Gasteiger partial charge in [-0.3, -0.25) is 4.79 Å². The van der Waals surface area contributed by atoms with Crippen LogP contribution in [-0.2, 0) is 9.59 Å². The first-order chi connectivity index (χ1) is 7.11. The summed E-state index contributed by atoms with van der Waals surface area (Å²) in [7, 11) is 3.27. The number of aliphatic carboxylic acids is 1. The molecule has 0 unspecified atom stereocenters. The summed E-state index contributed by atoms with van der Waals surface area (Å²) in [6, 6.07) is 0. The number of likely N-dealkylation sites (N-methyl/N-ethyl adjacent to an activating group) is 1. The summed E-state index contributed by atoms with van der Waals surface area (Å²) in [6.07, 6.45) is 0. The first-order valence-corrected chi connectivity index (χ1v) is 4.43. The Morgan fingerprint density at radius 3 is 1.56 bits per heavy atom. The number of carboxylic acid groups (broad SMARTS) is 1. The first kappa shape index (κ1) is 16.4. The highest BCUT2D eigenvalue weighted by atomic mass is 16.4. The highest BCUT2D eigenvalue weighted by Crippen LogP contribution is 1.92. The number of allylic oxidation sites excluding steroid dienone is 1. The van der Waals surface area contributed by atoms with Crippen molar-refractivity contribution in [1.29, 1.82) is 0 Å². The summed E-state index contributed by atoms with van der Waals surface area (Å²) in [5.74, 6) is -1.53. The molecule has 0 spiro atoms. The van der Waals surface area contributed by atoms with Gasteiger partial charge in [-0.1, -0.05) is 6.58 Å². The number of carbonyl (C=O) groups excluding carboxylic acids is 1. The highest BCUT2D eigenvalue weighted by molar-refractivity contribution is 5.91. The van der Waals surface area contributed by atoms with Crippen molar-refractivity contribution in [2.75, 3.05) is 14.1 Å². The molecule has 1 amide bonds. The summed E-state index contributed by atoms with van der Waals surface area (Å²) in [6.45, 7) is 6.75. The van der Waals surface area contributed by atoms with E-state index in [1.165, 1.54) is 4.90 Å². The lowest BCUT2D eigenvalue weighted by Gasteiger charge is -2.09. The molecular formula is C10H19N3O3. The molecule has 0 aliphatic carbocycles. The lowest BCUT2D eigenvalue weighted by molar-refractivity contribution is -0.134. The number of hydrogen-bond acceptors (Lipinski definition) is 4. The molecule has 0 aromatic rings. The van der Waals surface area contributed by atoms with Crippen molar-refractivity contribution in [3.63, 3.8) is 0 Å². The number of carbonyl (C=O) groups is 2. The van der Waals surface area contributed by atoms with Crippen LogP contribution in [0, 0.1) is 0 Å². The molecule has 0 atom stereocenters. The first-order valence-electron chi connectivity index (χ1n) is 4.43. The van der Waals surface area contributed by atoms with Crippen LogP contribution in [0.1, 0.15) is 13.8 Å². The Kier molecular flexibility index (Phi) is 7.54. The van der Waals surface area contributed by atoms with Crippen LogP contribution in [-0.4, -0.2) is 36.0 Å². The smallest absolute Gasteiger partial charge is 0.351 e. The monoisotopic (exact) mass is 229 g/mol. The molecule has 0 aliphatic heterocycles. The van der Waals surface area contributed by atoms with E-state index in [-0.39, 0.29) is 11.4 Å². The largest absolute Gasteiger partial charge is 0.477 e. The van der Waals surface area contributed by atoms with Crippen LogP contribution >= 0.6 is 0 Å². The third-order valence-electron chi connectivity index (χ3n) is 1.59. The van der Waals surface area contributed by atoms with Crippen molar-refractivity contribution < 1.29 is 14.7 Å². The van der Waals surface area contributed by atoms with Crippen molar-refractivity contribution >= 4 is 11.9 Å². The van der Waals surface area contributed by atoms with Crippen molar-refractivity contribution in [2.45, 2.75) is 13.8 Å². The van der Waals surface area contributed by atoms with Gasteiger partial charge in [-0.05, 0) is 19.4 Å². The van der Waals surface area contributed by atoms with Crippen LogP contribution < -0.4 is 11.5 Å². The average Bonchev–Trinajstić information content (AvgIpc) is 2.15. The van der Waals surface area contributed by atoms with Gasteiger partial charge in [0.25, 0.3) is 5.91 Å². The van der Waals surface area contributed by atoms with Crippen molar-refractivity contribution in [3.8, 4) is 0 Å². The van der Waals surface area contributed by atoms with E-state index in [4.69, 9.17) is 16.6 Å². The Morgan fingerprint density at radius 2 is 1.56 bits per heavy atom. The van der Waals surface area contributed by atoms with E-state index in [1.807, 2.05) is 0 Å². The fourth-order valence-electron chi connectivity index (χ4n) is 0.438. The fourth-order valence-corrected chi connectivity index (χ4v) is 0.438. The van der Waals surface area contributed by atoms with E-state index in [0.29, 0.717) is 0 Å². The van der Waals surface area contributed by atoms with Gasteiger partial charge in [-0.2, -0.15) is 0 Å². The molecule has 0 radical (unpaired) electrons. The summed E-state index contributed by atoms with van der Waals surface area (Å²) in [5.41, 5.74) is 11.0. The maximum atomic E-state index is 10.2. The normalized spacial score (nSPS) is 8.25. The maximum Gasteiger partial charge on any atom is 0.351 e. The molecule has 0 saturated heterocycles. The molecule has 0 saturated carbocycles. The minimum absolute atomic E-state index is 0.102. The number of carboxylic acids is 1. The SMILES string of the molecule is C=C(C(=O)O)N(C)C.CC(C)=C(N)C(N)=O. The van der Waals surface area contributed by atoms with Gasteiger partial charge >= 0.3 is 5.97 Å². The summed E-state index contributed by atoms with van der Waals surface area (Å²) < 4.78 is 0. The fraction of sp³-hybridized carbons (Fsp3) is 0.400. The zero-order valence-electron chi connectivity index (χ0n) is 10.1. The zero-order chi connectivity index (χ0) is 13.5. The van der Waals surface area contributed by atoms with Gasteiger partial charge in [0, 0.05) is 14.1 Å². The lowest BCUT2D eigenvalue weighted by atomic mass is 10.2. The minimum Gasteiger partial charge on any atom is -0.477 e. The topological polar surface area (TPSA) is 110 Å². The maximum absolute atomic E-state index is 10.2. The molecule has 0 aliphatic rings. The van der Waals surface area contributed by atoms with Gasteiger partial charge in [0.2, 0.25) is 0 Å². The van der Waals surface area contributed by atoms with Crippen LogP contribution in [0.15, 0.2) is 23.5 Å². The number of amides is 1. The minimum atomic E-state index is -0.977. The van der Waals surface area contributed by atoms with Crippen LogP contribution in [0.5, 0.6) is 0 Å². The van der Waals surface area contributed by atoms with E-state index < -0.39 is 11.9 Å². The van der Waals surface area contributed by atoms with E-state index in [0.717, 1.165) is 5.57 Å². The average molecular weight is 229 g/mol. The molecule has 16 heavy (non-hydrogen) atoms. The summed E-state index contributed by atoms with van der Waals surface area (Å²) in [4.78, 5) is 21.6. The van der Waals surface area contributed by atoms with Crippen LogP contribution in [0.3, 0.4) is 0 Å². The van der Waals surface area contributed by atoms with Gasteiger partial charge in [0.05, 0.1) is 5.70 Å². The Balaban J connectivity index is 0. The molecule has 6 heteroatoms. The Bertz CT molecular complexity index is 315. The van der Waals surface area contributed by atoms with Crippen molar-refractivity contribution in [3.05, 3.63) is 23.5 Å². The molecule has 0 heterocycles. The molecule has 6 nitrogen and oxygen atoms in total. The van der Waals surface area contributed by atoms with Gasteiger partial charge in [-0.25, -0.2) is 4.79 Å². The Labute approximate surface area is 95.2 Å². The third-order valence-corrected chi connectivity index (χ3v) is 1.59. The second-order valence-electron chi connectivity index (χ2n) is 3.42. The molecule has 0 fully saturated rings. The third kappa shape index (κ3) is 7.43. The van der Waals surface area contributed by atoms with Gasteiger partial charge in [-0.15, -0.1) is 0 Å². The lowest BCUT2D eigenvalue weighted by Crippen LogP contribution is -2.21. The number of primary amides is 1. The molecule has 92 valence electrons. The van der Waals surface area contributed by atoms with Gasteiger partial charge in [0.1, 0.15) is 5.70 Å². The quantitative estimate of drug-likeness (QED) is 0.584. The van der Waals surface area contributed by atoms with E-state index in [1.54, 1.807) is 27.9 Å². The molecule has 0 bridgehead atoms. The summed E-state index contributed by atoms with van der Waals surface area (Å²) >= 11 is 0. The van der Waals surface area contributed by atoms with E-state index in [9.17, 15) is 9.59 Å². The Morgan fingerprint density at radius 1 is 1.19 bits per heavy atom. The van der Waals surface area contributed by atoms with Crippen molar-refractivity contribution in [2.24, 2.45) is 11.5 Å². The standard InChI is InChI=1S/C5H10N2O.C5H9NO2/c1-3(2)4(6)5(7)8;1-4(5(7)8)6(2)3/h6H2,1-2H3,(H2,7,8);1H2,2-3H3,(H,7,8). The molecule has 0 aromatic heterocycles. The van der Waals surface area contributed by atoms with Gasteiger partial charge < -0.3 is 21.5 Å². The van der Waals surface area contributed by atoms with Crippen molar-refractivity contribution in [1.82, 2.24) is 4.90 Å². The van der Waals surface area contributed by atoms with E-state index >= 15 is 0 Å². The molecule has 0 aromatic carbocycles. The predicted molar refractivity (Wildman–Crippen MR) is 62.2 cm³/mol. The number of rotatable bonds is 3. The highest BCUT2D eigenvalue weighted by Gasteiger charge is 2.03. The van der Waals surface area contributed by atoms with Gasteiger partial charge in [0.15, 0.2) is 0 Å².